The van der Waals surface area contributed by atoms with Crippen LogP contribution in [0.2, 0.25) is 0 Å². The van der Waals surface area contributed by atoms with Crippen LogP contribution in [0, 0.1) is 0 Å². The van der Waals surface area contributed by atoms with Crippen LogP contribution >= 0.6 is 11.8 Å². The number of pyridine rings is 1. The van der Waals surface area contributed by atoms with Crippen LogP contribution in [0.4, 0.5) is 0 Å². The third kappa shape index (κ3) is 4.24. The summed E-state index contributed by atoms with van der Waals surface area (Å²) in [4.78, 5) is 8.03. The lowest BCUT2D eigenvalue weighted by Crippen LogP contribution is -2.33. The molecule has 0 N–H and O–H groups in total. The van der Waals surface area contributed by atoms with Gasteiger partial charge >= 0.3 is 0 Å². The van der Waals surface area contributed by atoms with E-state index in [0.717, 1.165) is 22.5 Å². The molecule has 2 heterocycles. The van der Waals surface area contributed by atoms with Crippen molar-refractivity contribution in [2.75, 3.05) is 0 Å². The first-order valence-corrected chi connectivity index (χ1v) is 19.3. The van der Waals surface area contributed by atoms with Crippen LogP contribution in [0.5, 0.6) is 0 Å². The molecule has 1 aromatic heterocycles. The SMILES string of the molecule is CC1(C)c2ccc(-c3cc(-c4ccccc4)cc(-c4ccccc4)n3)cc2-c2ccc3c(c21)Sc1ccccc1C31c2ccccc2-c2ccccc21. The Labute approximate surface area is 315 Å². The van der Waals surface area contributed by atoms with E-state index < -0.39 is 0 Å². The second kappa shape index (κ2) is 11.3. The maximum atomic E-state index is 5.30. The van der Waals surface area contributed by atoms with E-state index in [4.69, 9.17) is 4.98 Å². The topological polar surface area (TPSA) is 12.9 Å². The lowest BCUT2D eigenvalue weighted by atomic mass is 9.66. The van der Waals surface area contributed by atoms with Gasteiger partial charge in [-0.1, -0.05) is 177 Å². The van der Waals surface area contributed by atoms with Crippen LogP contribution in [-0.4, -0.2) is 4.98 Å². The fraction of sp³-hybridized carbons (Fsp3) is 0.0784. The van der Waals surface area contributed by atoms with Crippen LogP contribution in [-0.2, 0) is 10.8 Å². The van der Waals surface area contributed by atoms with E-state index in [2.05, 4.69) is 190 Å². The molecule has 53 heavy (non-hydrogen) atoms. The Kier molecular flexibility index (Phi) is 6.52. The molecule has 2 heteroatoms. The zero-order chi connectivity index (χ0) is 35.3. The molecule has 0 saturated heterocycles. The van der Waals surface area contributed by atoms with Crippen LogP contribution in [0.1, 0.15) is 47.2 Å². The van der Waals surface area contributed by atoms with E-state index in [1.165, 1.54) is 76.6 Å². The van der Waals surface area contributed by atoms with Gasteiger partial charge in [0.2, 0.25) is 0 Å². The van der Waals surface area contributed by atoms with Crippen molar-refractivity contribution in [2.45, 2.75) is 34.5 Å². The smallest absolute Gasteiger partial charge is 0.0735 e. The quantitative estimate of drug-likeness (QED) is 0.183. The molecule has 0 saturated carbocycles. The monoisotopic (exact) mass is 693 g/mol. The van der Waals surface area contributed by atoms with E-state index in [9.17, 15) is 0 Å². The molecule has 0 radical (unpaired) electrons. The van der Waals surface area contributed by atoms with Crippen molar-refractivity contribution in [3.63, 3.8) is 0 Å². The number of nitrogens with zero attached hydrogens (tertiary/aromatic N) is 1. The van der Waals surface area contributed by atoms with Gasteiger partial charge in [-0.25, -0.2) is 4.98 Å². The Morgan fingerprint density at radius 2 is 0.962 bits per heavy atom. The molecule has 1 aliphatic heterocycles. The average Bonchev–Trinajstić information content (AvgIpc) is 3.64. The van der Waals surface area contributed by atoms with E-state index in [1.54, 1.807) is 0 Å². The molecule has 1 spiro atoms. The van der Waals surface area contributed by atoms with E-state index in [-0.39, 0.29) is 10.8 Å². The van der Waals surface area contributed by atoms with E-state index in [1.807, 2.05) is 11.8 Å². The average molecular weight is 694 g/mol. The van der Waals surface area contributed by atoms with Gasteiger partial charge in [0, 0.05) is 26.3 Å². The molecule has 1 nitrogen and oxygen atoms in total. The fourth-order valence-electron chi connectivity index (χ4n) is 9.60. The highest BCUT2D eigenvalue weighted by molar-refractivity contribution is 7.99. The maximum Gasteiger partial charge on any atom is 0.0735 e. The van der Waals surface area contributed by atoms with E-state index in [0.29, 0.717) is 0 Å². The van der Waals surface area contributed by atoms with Gasteiger partial charge in [-0.05, 0) is 91.0 Å². The minimum atomic E-state index is -0.384. The van der Waals surface area contributed by atoms with Crippen molar-refractivity contribution >= 4 is 11.8 Å². The van der Waals surface area contributed by atoms with Gasteiger partial charge in [0.15, 0.2) is 0 Å². The highest BCUT2D eigenvalue weighted by Crippen LogP contribution is 2.65. The van der Waals surface area contributed by atoms with Gasteiger partial charge < -0.3 is 0 Å². The lowest BCUT2D eigenvalue weighted by molar-refractivity contribution is 0.632. The zero-order valence-electron chi connectivity index (χ0n) is 29.6. The summed E-state index contributed by atoms with van der Waals surface area (Å²) < 4.78 is 0. The Morgan fingerprint density at radius 3 is 1.66 bits per heavy atom. The molecule has 8 aromatic rings. The normalized spacial score (nSPS) is 14.8. The summed E-state index contributed by atoms with van der Waals surface area (Å²) in [5.74, 6) is 0. The highest BCUT2D eigenvalue weighted by atomic mass is 32.2. The lowest BCUT2D eigenvalue weighted by Gasteiger charge is -2.41. The first-order chi connectivity index (χ1) is 26.0. The highest BCUT2D eigenvalue weighted by Gasteiger charge is 2.52. The molecule has 2 aliphatic carbocycles. The number of hydrogen-bond donors (Lipinski definition) is 0. The fourth-order valence-corrected chi connectivity index (χ4v) is 11.1. The standard InChI is InChI=1S/C51H35NS/c1-50(2)40-27-25-34(46-31-35(32-15-5-3-6-16-32)30-45(52-46)33-17-7-4-8-18-33)29-39(40)38-26-28-44-49(48(38)50)53-47-24-14-13-23-43(47)51(44)41-21-11-9-19-36(41)37-20-10-12-22-42(37)51/h3-31H,1-2H3. The number of fused-ring (bicyclic) bond motifs is 13. The largest absolute Gasteiger partial charge is 0.248 e. The first-order valence-electron chi connectivity index (χ1n) is 18.5. The van der Waals surface area contributed by atoms with Crippen LogP contribution in [0.15, 0.2) is 186 Å². The molecular formula is C51H35NS. The van der Waals surface area contributed by atoms with Crippen molar-refractivity contribution in [1.82, 2.24) is 4.98 Å². The van der Waals surface area contributed by atoms with Gasteiger partial charge in [0.1, 0.15) is 0 Å². The summed E-state index contributed by atoms with van der Waals surface area (Å²) in [5, 5.41) is 0. The van der Waals surface area contributed by atoms with Crippen molar-refractivity contribution in [1.29, 1.82) is 0 Å². The van der Waals surface area contributed by atoms with Crippen molar-refractivity contribution in [3.8, 4) is 55.9 Å². The summed E-state index contributed by atoms with van der Waals surface area (Å²) in [6.07, 6.45) is 0. The van der Waals surface area contributed by atoms with Gasteiger partial charge in [-0.2, -0.15) is 0 Å². The molecule has 0 bridgehead atoms. The molecule has 11 rings (SSSR count). The van der Waals surface area contributed by atoms with Crippen LogP contribution in [0.3, 0.4) is 0 Å². The number of hydrogen-bond acceptors (Lipinski definition) is 2. The third-order valence-electron chi connectivity index (χ3n) is 11.9. The van der Waals surface area contributed by atoms with Crippen molar-refractivity contribution in [2.24, 2.45) is 0 Å². The molecule has 7 aromatic carbocycles. The van der Waals surface area contributed by atoms with Crippen LogP contribution in [0.25, 0.3) is 55.9 Å². The Hall–Kier alpha value is -5.96. The summed E-state index contributed by atoms with van der Waals surface area (Å²) in [5.41, 5.74) is 19.6. The minimum absolute atomic E-state index is 0.193. The molecular weight excluding hydrogens is 659 g/mol. The summed E-state index contributed by atoms with van der Waals surface area (Å²) in [6, 6.07) is 64.9. The zero-order valence-corrected chi connectivity index (χ0v) is 30.4. The molecule has 0 amide bonds. The minimum Gasteiger partial charge on any atom is -0.248 e. The molecule has 250 valence electrons. The third-order valence-corrected chi connectivity index (χ3v) is 13.1. The molecule has 0 unspecified atom stereocenters. The summed E-state index contributed by atoms with van der Waals surface area (Å²) >= 11 is 1.96. The number of benzene rings is 7. The van der Waals surface area contributed by atoms with Crippen molar-refractivity contribution in [3.05, 3.63) is 209 Å². The van der Waals surface area contributed by atoms with Crippen LogP contribution < -0.4 is 0 Å². The van der Waals surface area contributed by atoms with Gasteiger partial charge in [-0.3, -0.25) is 0 Å². The Balaban J connectivity index is 1.13. The Morgan fingerprint density at radius 1 is 0.396 bits per heavy atom. The second-order valence-corrected chi connectivity index (χ2v) is 16.1. The predicted octanol–water partition coefficient (Wildman–Crippen LogP) is 13.2. The maximum absolute atomic E-state index is 5.30. The predicted molar refractivity (Wildman–Crippen MR) is 220 cm³/mol. The summed E-state index contributed by atoms with van der Waals surface area (Å²) in [6.45, 7) is 4.84. The van der Waals surface area contributed by atoms with Gasteiger partial charge in [0.05, 0.1) is 16.8 Å². The molecule has 0 atom stereocenters. The first kappa shape index (κ1) is 30.6. The van der Waals surface area contributed by atoms with Crippen molar-refractivity contribution < 1.29 is 0 Å². The molecule has 0 fully saturated rings. The van der Waals surface area contributed by atoms with E-state index >= 15 is 0 Å². The molecule has 3 aliphatic rings. The number of rotatable bonds is 3. The second-order valence-electron chi connectivity index (χ2n) is 15.0. The Bertz CT molecular complexity index is 2670. The van der Waals surface area contributed by atoms with Gasteiger partial charge in [0.25, 0.3) is 0 Å². The summed E-state index contributed by atoms with van der Waals surface area (Å²) in [7, 11) is 0. The number of aromatic nitrogens is 1. The van der Waals surface area contributed by atoms with Gasteiger partial charge in [-0.15, -0.1) is 0 Å².